The van der Waals surface area contributed by atoms with Crippen molar-refractivity contribution in [3.8, 4) is 16.9 Å². The number of piperidine rings is 1. The Morgan fingerprint density at radius 1 is 1.17 bits per heavy atom. The van der Waals surface area contributed by atoms with Crippen LogP contribution in [0.3, 0.4) is 0 Å². The van der Waals surface area contributed by atoms with E-state index in [1.165, 1.54) is 13.2 Å². The number of ether oxygens (including phenoxy) is 2. The van der Waals surface area contributed by atoms with Gasteiger partial charge in [-0.3, -0.25) is 4.79 Å². The number of rotatable bonds is 5. The van der Waals surface area contributed by atoms with E-state index in [-0.39, 0.29) is 17.6 Å². The second kappa shape index (κ2) is 8.69. The van der Waals surface area contributed by atoms with Crippen LogP contribution >= 0.6 is 0 Å². The van der Waals surface area contributed by atoms with Crippen LogP contribution in [0.2, 0.25) is 0 Å². The van der Waals surface area contributed by atoms with Crippen molar-refractivity contribution in [2.45, 2.75) is 19.8 Å². The Morgan fingerprint density at radius 2 is 1.93 bits per heavy atom. The summed E-state index contributed by atoms with van der Waals surface area (Å²) in [5.41, 5.74) is 2.55. The van der Waals surface area contributed by atoms with E-state index in [0.717, 1.165) is 53.8 Å². The number of para-hydroxylation sites is 1. The SMILES string of the molecule is CCOC(=O)C1CCN(c2cc(-c3ccc(OC)c(F)c3)c3ccccc3n2)CC1. The smallest absolute Gasteiger partial charge is 0.309 e. The van der Waals surface area contributed by atoms with Gasteiger partial charge in [-0.05, 0) is 55.2 Å². The first-order valence-corrected chi connectivity index (χ1v) is 10.3. The van der Waals surface area contributed by atoms with Gasteiger partial charge < -0.3 is 14.4 Å². The van der Waals surface area contributed by atoms with Crippen LogP contribution in [-0.2, 0) is 9.53 Å². The zero-order valence-corrected chi connectivity index (χ0v) is 17.2. The highest BCUT2D eigenvalue weighted by Gasteiger charge is 2.27. The van der Waals surface area contributed by atoms with Crippen LogP contribution in [0.4, 0.5) is 10.2 Å². The number of benzene rings is 2. The van der Waals surface area contributed by atoms with Gasteiger partial charge in [0.1, 0.15) is 5.82 Å². The lowest BCUT2D eigenvalue weighted by Gasteiger charge is -2.32. The average molecular weight is 408 g/mol. The zero-order chi connectivity index (χ0) is 21.1. The maximum Gasteiger partial charge on any atom is 0.309 e. The minimum Gasteiger partial charge on any atom is -0.494 e. The van der Waals surface area contributed by atoms with Crippen LogP contribution in [0.15, 0.2) is 48.5 Å². The minimum absolute atomic E-state index is 0.0585. The number of pyridine rings is 1. The quantitative estimate of drug-likeness (QED) is 0.566. The van der Waals surface area contributed by atoms with Gasteiger partial charge in [-0.25, -0.2) is 9.37 Å². The molecule has 0 radical (unpaired) electrons. The van der Waals surface area contributed by atoms with Crippen molar-refractivity contribution in [1.82, 2.24) is 4.98 Å². The normalized spacial score (nSPS) is 14.7. The lowest BCUT2D eigenvalue weighted by Crippen LogP contribution is -2.37. The molecule has 30 heavy (non-hydrogen) atoms. The monoisotopic (exact) mass is 408 g/mol. The molecule has 1 aliphatic heterocycles. The number of carbonyl (C=O) groups is 1. The third-order valence-corrected chi connectivity index (χ3v) is 5.60. The number of aromatic nitrogens is 1. The molecule has 0 N–H and O–H groups in total. The van der Waals surface area contributed by atoms with E-state index >= 15 is 0 Å². The molecule has 0 aliphatic carbocycles. The lowest BCUT2D eigenvalue weighted by molar-refractivity contribution is -0.148. The highest BCUT2D eigenvalue weighted by molar-refractivity contribution is 5.96. The van der Waals surface area contributed by atoms with E-state index in [1.807, 2.05) is 43.3 Å². The van der Waals surface area contributed by atoms with Gasteiger partial charge in [0.15, 0.2) is 11.6 Å². The number of hydrogen-bond donors (Lipinski definition) is 0. The number of methoxy groups -OCH3 is 1. The van der Waals surface area contributed by atoms with Gasteiger partial charge in [0, 0.05) is 18.5 Å². The van der Waals surface area contributed by atoms with Gasteiger partial charge in [-0.1, -0.05) is 24.3 Å². The third-order valence-electron chi connectivity index (χ3n) is 5.60. The highest BCUT2D eigenvalue weighted by atomic mass is 19.1. The standard InChI is InChI=1S/C24H25FN2O3/c1-3-30-24(28)16-10-12-27(13-11-16)23-15-19(18-6-4-5-7-21(18)26-23)17-8-9-22(29-2)20(25)14-17/h4-9,14-16H,3,10-13H2,1-2H3. The maximum absolute atomic E-state index is 14.4. The topological polar surface area (TPSA) is 51.7 Å². The van der Waals surface area contributed by atoms with Crippen molar-refractivity contribution < 1.29 is 18.7 Å². The fraction of sp³-hybridized carbons (Fsp3) is 0.333. The van der Waals surface area contributed by atoms with Crippen LogP contribution in [0.25, 0.3) is 22.0 Å². The van der Waals surface area contributed by atoms with Crippen LogP contribution in [0, 0.1) is 11.7 Å². The summed E-state index contributed by atoms with van der Waals surface area (Å²) < 4.78 is 24.6. The summed E-state index contributed by atoms with van der Waals surface area (Å²) in [5.74, 6) is 0.489. The van der Waals surface area contributed by atoms with Crippen LogP contribution in [-0.4, -0.2) is 37.8 Å². The summed E-state index contributed by atoms with van der Waals surface area (Å²) in [6.45, 7) is 3.69. The molecule has 156 valence electrons. The summed E-state index contributed by atoms with van der Waals surface area (Å²) >= 11 is 0. The van der Waals surface area contributed by atoms with Gasteiger partial charge >= 0.3 is 5.97 Å². The molecule has 1 fully saturated rings. The number of carbonyl (C=O) groups excluding carboxylic acids is 1. The first kappa shape index (κ1) is 20.1. The second-order valence-corrected chi connectivity index (χ2v) is 7.41. The fourth-order valence-electron chi connectivity index (χ4n) is 4.00. The third kappa shape index (κ3) is 3.95. The Labute approximate surface area is 175 Å². The second-order valence-electron chi connectivity index (χ2n) is 7.41. The van der Waals surface area contributed by atoms with Crippen molar-refractivity contribution in [3.63, 3.8) is 0 Å². The molecule has 2 heterocycles. The number of halogens is 1. The Kier molecular flexibility index (Phi) is 5.84. The van der Waals surface area contributed by atoms with E-state index in [4.69, 9.17) is 14.5 Å². The number of hydrogen-bond acceptors (Lipinski definition) is 5. The first-order valence-electron chi connectivity index (χ1n) is 10.3. The van der Waals surface area contributed by atoms with Crippen molar-refractivity contribution in [3.05, 3.63) is 54.3 Å². The van der Waals surface area contributed by atoms with Gasteiger partial charge in [-0.2, -0.15) is 0 Å². The molecule has 2 aromatic carbocycles. The number of nitrogens with zero attached hydrogens (tertiary/aromatic N) is 2. The van der Waals surface area contributed by atoms with Gasteiger partial charge in [0.05, 0.1) is 25.2 Å². The predicted octanol–water partition coefficient (Wildman–Crippen LogP) is 4.83. The molecule has 0 saturated carbocycles. The van der Waals surface area contributed by atoms with Crippen molar-refractivity contribution in [2.24, 2.45) is 5.92 Å². The Morgan fingerprint density at radius 3 is 2.63 bits per heavy atom. The number of esters is 1. The molecule has 4 rings (SSSR count). The van der Waals surface area contributed by atoms with E-state index in [2.05, 4.69) is 4.90 Å². The summed E-state index contributed by atoms with van der Waals surface area (Å²) in [5, 5.41) is 0.965. The van der Waals surface area contributed by atoms with E-state index < -0.39 is 5.82 Å². The molecule has 0 amide bonds. The Hall–Kier alpha value is -3.15. The molecule has 0 atom stereocenters. The lowest BCUT2D eigenvalue weighted by atomic mass is 9.96. The highest BCUT2D eigenvalue weighted by Crippen LogP contribution is 2.34. The molecule has 3 aromatic rings. The zero-order valence-electron chi connectivity index (χ0n) is 17.2. The molecule has 1 aromatic heterocycles. The molecular weight excluding hydrogens is 383 g/mol. The molecule has 5 nitrogen and oxygen atoms in total. The summed E-state index contributed by atoms with van der Waals surface area (Å²) in [7, 11) is 1.46. The average Bonchev–Trinajstić information content (AvgIpc) is 2.78. The first-order chi connectivity index (χ1) is 14.6. The van der Waals surface area contributed by atoms with Crippen LogP contribution in [0.5, 0.6) is 5.75 Å². The Bertz CT molecular complexity index is 1060. The fourth-order valence-corrected chi connectivity index (χ4v) is 4.00. The molecule has 0 unspecified atom stereocenters. The number of anilines is 1. The van der Waals surface area contributed by atoms with Gasteiger partial charge in [0.25, 0.3) is 0 Å². The van der Waals surface area contributed by atoms with Crippen LogP contribution in [0.1, 0.15) is 19.8 Å². The van der Waals surface area contributed by atoms with E-state index in [9.17, 15) is 9.18 Å². The summed E-state index contributed by atoms with van der Waals surface area (Å²) in [4.78, 5) is 19.1. The van der Waals surface area contributed by atoms with Crippen molar-refractivity contribution >= 4 is 22.7 Å². The van der Waals surface area contributed by atoms with E-state index in [1.54, 1.807) is 6.07 Å². The molecular formula is C24H25FN2O3. The summed E-state index contributed by atoms with van der Waals surface area (Å²) in [6, 6.07) is 14.9. The largest absolute Gasteiger partial charge is 0.494 e. The summed E-state index contributed by atoms with van der Waals surface area (Å²) in [6.07, 6.45) is 1.47. The molecule has 1 saturated heterocycles. The van der Waals surface area contributed by atoms with E-state index in [0.29, 0.717) is 6.61 Å². The predicted molar refractivity (Wildman–Crippen MR) is 115 cm³/mol. The van der Waals surface area contributed by atoms with Gasteiger partial charge in [-0.15, -0.1) is 0 Å². The molecule has 0 bridgehead atoms. The van der Waals surface area contributed by atoms with Crippen molar-refractivity contribution in [1.29, 1.82) is 0 Å². The molecule has 1 aliphatic rings. The molecule has 0 spiro atoms. The van der Waals surface area contributed by atoms with Crippen molar-refractivity contribution in [2.75, 3.05) is 31.7 Å². The minimum atomic E-state index is -0.396. The maximum atomic E-state index is 14.4. The molecule has 6 heteroatoms. The van der Waals surface area contributed by atoms with Gasteiger partial charge in [0.2, 0.25) is 0 Å². The number of fused-ring (bicyclic) bond motifs is 1. The van der Waals surface area contributed by atoms with Crippen LogP contribution < -0.4 is 9.64 Å². The Balaban J connectivity index is 1.68.